The molecule has 5 heteroatoms. The zero-order valence-electron chi connectivity index (χ0n) is 15.7. The SMILES string of the molecule is CCOc1cc(C=O)cc(Cl)c1OCCOc1ccc(C(C)(C)C)cc1. The van der Waals surface area contributed by atoms with Crippen LogP contribution in [0.2, 0.25) is 5.02 Å². The van der Waals surface area contributed by atoms with Gasteiger partial charge in [-0.25, -0.2) is 0 Å². The molecular formula is C21H25ClO4. The third-order valence-corrected chi connectivity index (χ3v) is 4.07. The largest absolute Gasteiger partial charge is 0.490 e. The van der Waals surface area contributed by atoms with Crippen molar-refractivity contribution in [3.63, 3.8) is 0 Å². The van der Waals surface area contributed by atoms with Crippen molar-refractivity contribution in [2.45, 2.75) is 33.1 Å². The van der Waals surface area contributed by atoms with Gasteiger partial charge in [0.1, 0.15) is 25.2 Å². The van der Waals surface area contributed by atoms with Crippen LogP contribution < -0.4 is 14.2 Å². The molecule has 0 saturated heterocycles. The number of ether oxygens (including phenoxy) is 3. The van der Waals surface area contributed by atoms with Crippen LogP contribution in [0.5, 0.6) is 17.2 Å². The number of rotatable bonds is 8. The van der Waals surface area contributed by atoms with Gasteiger partial charge in [0, 0.05) is 5.56 Å². The Morgan fingerprint density at radius 1 is 1.00 bits per heavy atom. The minimum Gasteiger partial charge on any atom is -0.490 e. The average Bonchev–Trinajstić information content (AvgIpc) is 2.60. The molecule has 2 aromatic carbocycles. The fourth-order valence-electron chi connectivity index (χ4n) is 2.41. The van der Waals surface area contributed by atoms with Gasteiger partial charge in [-0.15, -0.1) is 0 Å². The number of carbonyl (C=O) groups excluding carboxylic acids is 1. The van der Waals surface area contributed by atoms with Crippen molar-refractivity contribution >= 4 is 17.9 Å². The lowest BCUT2D eigenvalue weighted by Crippen LogP contribution is -2.12. The van der Waals surface area contributed by atoms with Crippen molar-refractivity contribution < 1.29 is 19.0 Å². The van der Waals surface area contributed by atoms with E-state index >= 15 is 0 Å². The monoisotopic (exact) mass is 376 g/mol. The summed E-state index contributed by atoms with van der Waals surface area (Å²) in [6.45, 7) is 9.50. The first-order valence-corrected chi connectivity index (χ1v) is 9.00. The second-order valence-corrected chi connectivity index (χ2v) is 7.26. The molecule has 0 spiro atoms. The summed E-state index contributed by atoms with van der Waals surface area (Å²) in [4.78, 5) is 11.0. The Hall–Kier alpha value is -2.20. The summed E-state index contributed by atoms with van der Waals surface area (Å²) < 4.78 is 16.9. The van der Waals surface area contributed by atoms with Crippen molar-refractivity contribution in [1.29, 1.82) is 0 Å². The predicted octanol–water partition coefficient (Wildman–Crippen LogP) is 5.31. The second kappa shape index (κ2) is 8.95. The topological polar surface area (TPSA) is 44.8 Å². The van der Waals surface area contributed by atoms with Gasteiger partial charge in [0.2, 0.25) is 0 Å². The van der Waals surface area contributed by atoms with Gasteiger partial charge in [-0.1, -0.05) is 44.5 Å². The minimum atomic E-state index is 0.113. The van der Waals surface area contributed by atoms with Crippen molar-refractivity contribution in [1.82, 2.24) is 0 Å². The fraction of sp³-hybridized carbons (Fsp3) is 0.381. The lowest BCUT2D eigenvalue weighted by Gasteiger charge is -2.19. The Labute approximate surface area is 160 Å². The third kappa shape index (κ3) is 5.40. The lowest BCUT2D eigenvalue weighted by molar-refractivity contribution is 0.112. The van der Waals surface area contributed by atoms with E-state index in [1.807, 2.05) is 19.1 Å². The van der Waals surface area contributed by atoms with Gasteiger partial charge in [0.25, 0.3) is 0 Å². The van der Waals surface area contributed by atoms with Crippen LogP contribution in [0, 0.1) is 0 Å². The van der Waals surface area contributed by atoms with Crippen LogP contribution >= 0.6 is 11.6 Å². The van der Waals surface area contributed by atoms with Crippen molar-refractivity contribution in [2.75, 3.05) is 19.8 Å². The molecule has 0 aliphatic heterocycles. The Bertz CT molecular complexity index is 733. The van der Waals surface area contributed by atoms with E-state index in [0.29, 0.717) is 41.9 Å². The Morgan fingerprint density at radius 3 is 2.23 bits per heavy atom. The molecule has 0 fully saturated rings. The van der Waals surface area contributed by atoms with Gasteiger partial charge < -0.3 is 14.2 Å². The fourth-order valence-corrected chi connectivity index (χ4v) is 2.69. The highest BCUT2D eigenvalue weighted by Crippen LogP contribution is 2.36. The molecule has 0 radical (unpaired) electrons. The quantitative estimate of drug-likeness (QED) is 0.462. The summed E-state index contributed by atoms with van der Waals surface area (Å²) in [5.41, 5.74) is 1.81. The predicted molar refractivity (Wildman–Crippen MR) is 104 cm³/mol. The molecule has 2 rings (SSSR count). The maximum atomic E-state index is 11.0. The molecule has 26 heavy (non-hydrogen) atoms. The molecule has 0 aromatic heterocycles. The summed E-state index contributed by atoms with van der Waals surface area (Å²) in [6, 6.07) is 11.2. The van der Waals surface area contributed by atoms with E-state index in [2.05, 4.69) is 32.9 Å². The molecule has 0 heterocycles. The maximum absolute atomic E-state index is 11.0. The van der Waals surface area contributed by atoms with E-state index in [1.54, 1.807) is 12.1 Å². The zero-order chi connectivity index (χ0) is 19.2. The van der Waals surface area contributed by atoms with Crippen molar-refractivity contribution in [2.24, 2.45) is 0 Å². The molecule has 0 unspecified atom stereocenters. The number of benzene rings is 2. The van der Waals surface area contributed by atoms with Crippen molar-refractivity contribution in [3.8, 4) is 17.2 Å². The van der Waals surface area contributed by atoms with Crippen LogP contribution in [0.15, 0.2) is 36.4 Å². The number of halogens is 1. The molecule has 140 valence electrons. The molecule has 0 aliphatic rings. The summed E-state index contributed by atoms with van der Waals surface area (Å²) in [6.07, 6.45) is 0.725. The molecule has 0 aliphatic carbocycles. The summed E-state index contributed by atoms with van der Waals surface area (Å²) in [7, 11) is 0. The highest BCUT2D eigenvalue weighted by atomic mass is 35.5. The molecule has 4 nitrogen and oxygen atoms in total. The van der Waals surface area contributed by atoms with Crippen molar-refractivity contribution in [3.05, 3.63) is 52.5 Å². The molecule has 0 N–H and O–H groups in total. The van der Waals surface area contributed by atoms with E-state index in [1.165, 1.54) is 5.56 Å². The zero-order valence-corrected chi connectivity index (χ0v) is 16.4. The first-order chi connectivity index (χ1) is 12.3. The van der Waals surface area contributed by atoms with Crippen LogP contribution in [-0.2, 0) is 5.41 Å². The van der Waals surface area contributed by atoms with Gasteiger partial charge in [-0.3, -0.25) is 4.79 Å². The first kappa shape index (κ1) is 20.1. The first-order valence-electron chi connectivity index (χ1n) is 8.62. The smallest absolute Gasteiger partial charge is 0.179 e. The highest BCUT2D eigenvalue weighted by Gasteiger charge is 2.14. The number of carbonyl (C=O) groups is 1. The lowest BCUT2D eigenvalue weighted by atomic mass is 9.87. The summed E-state index contributed by atoms with van der Waals surface area (Å²) in [5, 5.41) is 0.340. The molecule has 2 aromatic rings. The van der Waals surface area contributed by atoms with Gasteiger partial charge >= 0.3 is 0 Å². The Balaban J connectivity index is 1.94. The summed E-state index contributed by atoms with van der Waals surface area (Å²) >= 11 is 6.20. The average molecular weight is 377 g/mol. The standard InChI is InChI=1S/C21H25ClO4/c1-5-24-19-13-15(14-23)12-18(22)20(19)26-11-10-25-17-8-6-16(7-9-17)21(2,3)4/h6-9,12-14H,5,10-11H2,1-4H3. The number of aldehydes is 1. The van der Waals surface area contributed by atoms with E-state index in [0.717, 1.165) is 12.0 Å². The van der Waals surface area contributed by atoms with Gasteiger partial charge in [0.15, 0.2) is 11.5 Å². The molecule has 0 amide bonds. The van der Waals surface area contributed by atoms with Gasteiger partial charge in [0.05, 0.1) is 11.6 Å². The van der Waals surface area contributed by atoms with E-state index in [4.69, 9.17) is 25.8 Å². The summed E-state index contributed by atoms with van der Waals surface area (Å²) in [5.74, 6) is 1.66. The van der Waals surface area contributed by atoms with Crippen LogP contribution in [0.3, 0.4) is 0 Å². The van der Waals surface area contributed by atoms with Gasteiger partial charge in [-0.2, -0.15) is 0 Å². The highest BCUT2D eigenvalue weighted by molar-refractivity contribution is 6.32. The van der Waals surface area contributed by atoms with E-state index in [-0.39, 0.29) is 5.41 Å². The number of hydrogen-bond acceptors (Lipinski definition) is 4. The molecule has 0 saturated carbocycles. The van der Waals surface area contributed by atoms with Gasteiger partial charge in [-0.05, 0) is 42.2 Å². The second-order valence-electron chi connectivity index (χ2n) is 6.85. The number of hydrogen-bond donors (Lipinski definition) is 0. The maximum Gasteiger partial charge on any atom is 0.179 e. The molecule has 0 bridgehead atoms. The molecular weight excluding hydrogens is 352 g/mol. The van der Waals surface area contributed by atoms with E-state index < -0.39 is 0 Å². The van der Waals surface area contributed by atoms with Crippen LogP contribution in [0.4, 0.5) is 0 Å². The Morgan fingerprint density at radius 2 is 1.65 bits per heavy atom. The van der Waals surface area contributed by atoms with Crippen LogP contribution in [-0.4, -0.2) is 26.1 Å². The normalized spacial score (nSPS) is 11.1. The van der Waals surface area contributed by atoms with Crippen LogP contribution in [0.25, 0.3) is 0 Å². The minimum absolute atomic E-state index is 0.113. The molecule has 0 atom stereocenters. The van der Waals surface area contributed by atoms with E-state index in [9.17, 15) is 4.79 Å². The third-order valence-electron chi connectivity index (χ3n) is 3.79. The Kier molecular flexibility index (Phi) is 6.92. The van der Waals surface area contributed by atoms with Crippen LogP contribution in [0.1, 0.15) is 43.6 Å².